The van der Waals surface area contributed by atoms with Crippen molar-refractivity contribution in [2.45, 2.75) is 26.9 Å². The van der Waals surface area contributed by atoms with E-state index in [-0.39, 0.29) is 11.1 Å². The first-order valence-electron chi connectivity index (χ1n) is 15.4. The molecule has 0 N–H and O–H groups in total. The zero-order valence-electron chi connectivity index (χ0n) is 25.9. The largest absolute Gasteiger partial charge is 0.417 e. The van der Waals surface area contributed by atoms with Crippen molar-refractivity contribution in [3.05, 3.63) is 143 Å². The Morgan fingerprint density at radius 3 is 1.72 bits per heavy atom. The molecule has 6 aromatic carbocycles. The second-order valence-electron chi connectivity index (χ2n) is 12.2. The van der Waals surface area contributed by atoms with E-state index in [1.807, 2.05) is 85.1 Å². The number of hydrogen-bond acceptors (Lipinski definition) is 1. The molecule has 2 aromatic heterocycles. The van der Waals surface area contributed by atoms with E-state index in [4.69, 9.17) is 0 Å². The molecule has 0 saturated carbocycles. The second kappa shape index (κ2) is 10.4. The SMILES string of the molecule is Cc1ccc2c(c1)c1ccccc1n2-c1ccc(-c2c(C)cccc2C(F)(F)F)c(-n2c3ccccc3c3cc(C)ccc32)c1C#N. The fourth-order valence-electron chi connectivity index (χ4n) is 7.25. The number of halogens is 3. The van der Waals surface area contributed by atoms with Crippen molar-refractivity contribution in [2.75, 3.05) is 0 Å². The maximum atomic E-state index is 14.7. The van der Waals surface area contributed by atoms with Gasteiger partial charge < -0.3 is 9.13 Å². The van der Waals surface area contributed by atoms with Crippen LogP contribution in [0.1, 0.15) is 27.8 Å². The molecule has 8 rings (SSSR count). The topological polar surface area (TPSA) is 33.6 Å². The van der Waals surface area contributed by atoms with Gasteiger partial charge in [-0.2, -0.15) is 18.4 Å². The summed E-state index contributed by atoms with van der Waals surface area (Å²) in [4.78, 5) is 0. The van der Waals surface area contributed by atoms with E-state index in [9.17, 15) is 18.4 Å². The van der Waals surface area contributed by atoms with Crippen LogP contribution in [0.15, 0.2) is 115 Å². The molecular formula is C41H28F3N3. The van der Waals surface area contributed by atoms with Crippen LogP contribution >= 0.6 is 0 Å². The minimum absolute atomic E-state index is 0.0638. The van der Waals surface area contributed by atoms with Crippen molar-refractivity contribution in [1.82, 2.24) is 9.13 Å². The Labute approximate surface area is 269 Å². The standard InChI is InChI=1S/C41H28F3N3/c1-24-15-18-36-30(21-24)27-10-4-6-13-34(27)46(36)38-20-17-29(39-26(3)9-8-12-33(39)41(42,43)44)40(32(38)23-45)47-35-14-7-5-11-28(35)31-22-25(2)16-19-37(31)47/h4-22H,1-3H3. The predicted octanol–water partition coefficient (Wildman–Crippen LogP) is 11.4. The number of nitrogens with zero attached hydrogens (tertiary/aromatic N) is 3. The molecule has 0 aliphatic carbocycles. The van der Waals surface area contributed by atoms with E-state index in [1.54, 1.807) is 25.1 Å². The molecule has 0 unspecified atom stereocenters. The van der Waals surface area contributed by atoms with Gasteiger partial charge in [-0.3, -0.25) is 0 Å². The van der Waals surface area contributed by atoms with Crippen LogP contribution < -0.4 is 0 Å². The van der Waals surface area contributed by atoms with Crippen molar-refractivity contribution in [3.8, 4) is 28.6 Å². The van der Waals surface area contributed by atoms with Gasteiger partial charge in [-0.05, 0) is 80.4 Å². The molecule has 47 heavy (non-hydrogen) atoms. The van der Waals surface area contributed by atoms with Crippen molar-refractivity contribution >= 4 is 43.6 Å². The summed E-state index contributed by atoms with van der Waals surface area (Å²) in [7, 11) is 0. The Morgan fingerprint density at radius 1 is 0.574 bits per heavy atom. The number of aromatic nitrogens is 2. The van der Waals surface area contributed by atoms with Gasteiger partial charge in [0.2, 0.25) is 0 Å². The predicted molar refractivity (Wildman–Crippen MR) is 184 cm³/mol. The van der Waals surface area contributed by atoms with Gasteiger partial charge >= 0.3 is 6.18 Å². The van der Waals surface area contributed by atoms with Crippen molar-refractivity contribution in [2.24, 2.45) is 0 Å². The molecule has 6 heteroatoms. The van der Waals surface area contributed by atoms with Gasteiger partial charge in [0, 0.05) is 27.1 Å². The van der Waals surface area contributed by atoms with Crippen LogP contribution in [0.25, 0.3) is 66.1 Å². The van der Waals surface area contributed by atoms with E-state index >= 15 is 0 Å². The smallest absolute Gasteiger partial charge is 0.308 e. The lowest BCUT2D eigenvalue weighted by molar-refractivity contribution is -0.137. The molecule has 0 bridgehead atoms. The van der Waals surface area contributed by atoms with Crippen LogP contribution in [-0.2, 0) is 6.18 Å². The van der Waals surface area contributed by atoms with Crippen LogP contribution in [0.2, 0.25) is 0 Å². The average molecular weight is 620 g/mol. The first kappa shape index (κ1) is 28.7. The number of fused-ring (bicyclic) bond motifs is 6. The number of alkyl halides is 3. The van der Waals surface area contributed by atoms with Crippen LogP contribution in [0.3, 0.4) is 0 Å². The molecule has 0 radical (unpaired) electrons. The van der Waals surface area contributed by atoms with Crippen LogP contribution in [0, 0.1) is 32.1 Å². The highest BCUT2D eigenvalue weighted by molar-refractivity contribution is 6.12. The van der Waals surface area contributed by atoms with E-state index in [1.165, 1.54) is 6.07 Å². The highest BCUT2D eigenvalue weighted by Crippen LogP contribution is 2.46. The molecule has 0 aliphatic rings. The van der Waals surface area contributed by atoms with Crippen molar-refractivity contribution in [3.63, 3.8) is 0 Å². The highest BCUT2D eigenvalue weighted by atomic mass is 19.4. The number of benzene rings is 6. The summed E-state index contributed by atoms with van der Waals surface area (Å²) in [5.74, 6) is 0. The zero-order valence-corrected chi connectivity index (χ0v) is 25.9. The Balaban J connectivity index is 1.60. The summed E-state index contributed by atoms with van der Waals surface area (Å²) in [6.07, 6.45) is -4.60. The normalized spacial score (nSPS) is 12.0. The summed E-state index contributed by atoms with van der Waals surface area (Å²) in [6.45, 7) is 5.76. The van der Waals surface area contributed by atoms with E-state index < -0.39 is 11.7 Å². The lowest BCUT2D eigenvalue weighted by atomic mass is 9.91. The molecule has 2 heterocycles. The zero-order chi connectivity index (χ0) is 32.6. The summed E-state index contributed by atoms with van der Waals surface area (Å²) >= 11 is 0. The van der Waals surface area contributed by atoms with E-state index in [2.05, 4.69) is 28.8 Å². The molecule has 0 saturated heterocycles. The molecule has 0 atom stereocenters. The van der Waals surface area contributed by atoms with Gasteiger partial charge in [0.25, 0.3) is 0 Å². The van der Waals surface area contributed by atoms with Gasteiger partial charge in [-0.25, -0.2) is 0 Å². The molecule has 0 spiro atoms. The molecule has 3 nitrogen and oxygen atoms in total. The fraction of sp³-hybridized carbons (Fsp3) is 0.0976. The third-order valence-electron chi connectivity index (χ3n) is 9.24. The van der Waals surface area contributed by atoms with Gasteiger partial charge in [0.15, 0.2) is 0 Å². The molecule has 8 aromatic rings. The number of hydrogen-bond donors (Lipinski definition) is 0. The lowest BCUT2D eigenvalue weighted by Gasteiger charge is -2.23. The molecular weight excluding hydrogens is 591 g/mol. The molecule has 0 amide bonds. The first-order valence-corrected chi connectivity index (χ1v) is 15.4. The van der Waals surface area contributed by atoms with Gasteiger partial charge in [-0.1, -0.05) is 77.9 Å². The second-order valence-corrected chi connectivity index (χ2v) is 12.2. The third-order valence-corrected chi connectivity index (χ3v) is 9.24. The Bertz CT molecular complexity index is 2610. The van der Waals surface area contributed by atoms with Crippen molar-refractivity contribution in [1.29, 1.82) is 5.26 Å². The minimum atomic E-state index is -4.60. The summed E-state index contributed by atoms with van der Waals surface area (Å²) in [6, 6.07) is 38.5. The summed E-state index contributed by atoms with van der Waals surface area (Å²) in [5, 5.41) is 15.1. The first-order chi connectivity index (χ1) is 22.7. The summed E-state index contributed by atoms with van der Waals surface area (Å²) < 4.78 is 48.2. The third kappa shape index (κ3) is 4.27. The van der Waals surface area contributed by atoms with Gasteiger partial charge in [0.1, 0.15) is 11.6 Å². The van der Waals surface area contributed by atoms with Gasteiger partial charge in [0.05, 0.1) is 39.0 Å². The number of rotatable bonds is 3. The maximum absolute atomic E-state index is 14.7. The Kier molecular flexibility index (Phi) is 6.32. The van der Waals surface area contributed by atoms with E-state index in [0.717, 1.165) is 60.8 Å². The molecule has 0 aliphatic heterocycles. The summed E-state index contributed by atoms with van der Waals surface area (Å²) in [5.41, 5.74) is 7.06. The Morgan fingerprint density at radius 2 is 1.13 bits per heavy atom. The fourth-order valence-corrected chi connectivity index (χ4v) is 7.25. The Hall–Kier alpha value is -5.80. The average Bonchev–Trinajstić information content (AvgIpc) is 3.55. The van der Waals surface area contributed by atoms with E-state index in [0.29, 0.717) is 22.5 Å². The molecule has 228 valence electrons. The highest BCUT2D eigenvalue weighted by Gasteiger charge is 2.36. The monoisotopic (exact) mass is 619 g/mol. The van der Waals surface area contributed by atoms with Crippen LogP contribution in [0.4, 0.5) is 13.2 Å². The maximum Gasteiger partial charge on any atom is 0.417 e. The number of para-hydroxylation sites is 2. The number of nitriles is 1. The molecule has 0 fully saturated rings. The van der Waals surface area contributed by atoms with Crippen LogP contribution in [0.5, 0.6) is 0 Å². The van der Waals surface area contributed by atoms with Crippen LogP contribution in [-0.4, -0.2) is 9.13 Å². The lowest BCUT2D eigenvalue weighted by Crippen LogP contribution is -2.11. The van der Waals surface area contributed by atoms with Crippen molar-refractivity contribution < 1.29 is 13.2 Å². The number of aryl methyl sites for hydroxylation is 3. The quantitative estimate of drug-likeness (QED) is 0.194. The van der Waals surface area contributed by atoms with Gasteiger partial charge in [-0.15, -0.1) is 0 Å². The minimum Gasteiger partial charge on any atom is -0.308 e.